The van der Waals surface area contributed by atoms with Crippen LogP contribution in [-0.4, -0.2) is 36.1 Å². The Labute approximate surface area is 246 Å². The van der Waals surface area contributed by atoms with Crippen LogP contribution < -0.4 is 15.5 Å². The molecule has 7 heteroatoms. The lowest BCUT2D eigenvalue weighted by molar-refractivity contribution is -0.143. The van der Waals surface area contributed by atoms with Gasteiger partial charge in [-0.1, -0.05) is 60.7 Å². The third kappa shape index (κ3) is 4.91. The number of Topliss-reactive ketones (excluding diaryl/α,β-unsaturated/α-hetero) is 1. The van der Waals surface area contributed by atoms with Gasteiger partial charge in [-0.25, -0.2) is 9.79 Å². The SMILES string of the molecule is Cc1cccc(NC(=O)N[C@@H]2N=C(c3ccccc3)c3ccccc3N(CC(=O)C34CC5CC(CC(C5)C3)C4)C2=O)c1. The Balaban J connectivity index is 1.24. The van der Waals surface area contributed by atoms with Gasteiger partial charge in [0.25, 0.3) is 5.91 Å². The van der Waals surface area contributed by atoms with Gasteiger partial charge in [0.1, 0.15) is 0 Å². The molecule has 0 aromatic heterocycles. The zero-order valence-electron chi connectivity index (χ0n) is 23.9. The number of fused-ring (bicyclic) bond motifs is 1. The maximum absolute atomic E-state index is 14.3. The van der Waals surface area contributed by atoms with Crippen LogP contribution in [0.2, 0.25) is 0 Å². The first-order valence-electron chi connectivity index (χ1n) is 15.1. The molecule has 0 saturated heterocycles. The molecule has 0 spiro atoms. The fourth-order valence-electron chi connectivity index (χ4n) is 8.29. The molecule has 4 fully saturated rings. The first-order valence-corrected chi connectivity index (χ1v) is 15.1. The Hall–Kier alpha value is -4.26. The minimum Gasteiger partial charge on any atom is -0.308 e. The van der Waals surface area contributed by atoms with Crippen molar-refractivity contribution in [3.63, 3.8) is 0 Å². The fraction of sp³-hybridized carbons (Fsp3) is 0.371. The number of hydrogen-bond donors (Lipinski definition) is 2. The normalized spacial score (nSPS) is 27.6. The van der Waals surface area contributed by atoms with Crippen LogP contribution in [0.1, 0.15) is 55.2 Å². The van der Waals surface area contributed by atoms with Crippen molar-refractivity contribution in [1.82, 2.24) is 5.32 Å². The minimum absolute atomic E-state index is 0.0166. The first-order chi connectivity index (χ1) is 20.4. The highest BCUT2D eigenvalue weighted by Crippen LogP contribution is 2.60. The van der Waals surface area contributed by atoms with Crippen molar-refractivity contribution < 1.29 is 14.4 Å². The zero-order chi connectivity index (χ0) is 28.8. The Morgan fingerprint density at radius 2 is 1.55 bits per heavy atom. The summed E-state index contributed by atoms with van der Waals surface area (Å²) in [6.45, 7) is 1.93. The molecule has 0 radical (unpaired) electrons. The van der Waals surface area contributed by atoms with Crippen LogP contribution in [0.5, 0.6) is 0 Å². The Bertz CT molecular complexity index is 1540. The molecule has 3 amide bonds. The maximum Gasteiger partial charge on any atom is 0.321 e. The smallest absolute Gasteiger partial charge is 0.308 e. The number of urea groups is 1. The van der Waals surface area contributed by atoms with Gasteiger partial charge < -0.3 is 15.5 Å². The van der Waals surface area contributed by atoms with E-state index in [1.807, 2.05) is 79.7 Å². The molecule has 3 aromatic carbocycles. The largest absolute Gasteiger partial charge is 0.321 e. The van der Waals surface area contributed by atoms with Gasteiger partial charge in [-0.15, -0.1) is 0 Å². The summed E-state index contributed by atoms with van der Waals surface area (Å²) in [7, 11) is 0. The average Bonchev–Trinajstić information content (AvgIpc) is 3.08. The van der Waals surface area contributed by atoms with E-state index in [0.29, 0.717) is 34.8 Å². The molecule has 2 N–H and O–H groups in total. The number of aliphatic imine (C=N–C) groups is 1. The second kappa shape index (κ2) is 10.5. The number of ketones is 1. The minimum atomic E-state index is -1.21. The molecule has 0 unspecified atom stereocenters. The molecular weight excluding hydrogens is 524 g/mol. The molecule has 42 heavy (non-hydrogen) atoms. The van der Waals surface area contributed by atoms with Gasteiger partial charge in [0.2, 0.25) is 6.17 Å². The molecule has 4 bridgehead atoms. The molecule has 4 aliphatic carbocycles. The summed E-state index contributed by atoms with van der Waals surface area (Å²) in [5.41, 5.74) is 4.13. The number of benzodiazepines with no additional fused rings is 1. The number of carbonyl (C=O) groups excluding carboxylic acids is 3. The van der Waals surface area contributed by atoms with E-state index in [4.69, 9.17) is 4.99 Å². The molecule has 1 heterocycles. The number of hydrogen-bond acceptors (Lipinski definition) is 4. The summed E-state index contributed by atoms with van der Waals surface area (Å²) in [5, 5.41) is 5.64. The number of nitrogens with zero attached hydrogens (tertiary/aromatic N) is 2. The summed E-state index contributed by atoms with van der Waals surface area (Å²) in [6.07, 6.45) is 5.34. The fourth-order valence-corrected chi connectivity index (χ4v) is 8.29. The molecule has 214 valence electrons. The monoisotopic (exact) mass is 560 g/mol. The summed E-state index contributed by atoms with van der Waals surface area (Å²) in [5.74, 6) is 1.61. The summed E-state index contributed by atoms with van der Waals surface area (Å²) >= 11 is 0. The number of para-hydroxylation sites is 1. The molecule has 4 saturated carbocycles. The van der Waals surface area contributed by atoms with Crippen molar-refractivity contribution in [2.45, 2.75) is 51.6 Å². The topological polar surface area (TPSA) is 90.9 Å². The van der Waals surface area contributed by atoms with E-state index in [0.717, 1.165) is 36.0 Å². The van der Waals surface area contributed by atoms with Crippen LogP contribution in [0.3, 0.4) is 0 Å². The van der Waals surface area contributed by atoms with Crippen molar-refractivity contribution in [2.24, 2.45) is 28.2 Å². The second-order valence-electron chi connectivity index (χ2n) is 12.8. The first kappa shape index (κ1) is 26.6. The molecule has 1 atom stereocenters. The van der Waals surface area contributed by atoms with E-state index in [2.05, 4.69) is 10.6 Å². The highest BCUT2D eigenvalue weighted by Gasteiger charge is 2.54. The number of nitrogens with one attached hydrogen (secondary N) is 2. The standard InChI is InChI=1S/C35H36N4O3/c1-22-8-7-11-27(14-22)36-34(42)38-32-33(41)39(21-30(40)35-18-23-15-24(19-35)17-25(16-23)20-35)29-13-6-5-12-28(29)31(37-32)26-9-3-2-4-10-26/h2-14,23-25,32H,15-21H2,1H3,(H2,36,38,42)/t23?,24?,25?,32-,35?/m0/s1. The number of carbonyl (C=O) groups is 3. The van der Waals surface area contributed by atoms with E-state index >= 15 is 0 Å². The van der Waals surface area contributed by atoms with Gasteiger partial charge >= 0.3 is 6.03 Å². The van der Waals surface area contributed by atoms with E-state index < -0.39 is 18.1 Å². The third-order valence-electron chi connectivity index (χ3n) is 9.73. The number of benzene rings is 3. The van der Waals surface area contributed by atoms with Crippen LogP contribution >= 0.6 is 0 Å². The van der Waals surface area contributed by atoms with E-state index in [-0.39, 0.29) is 17.7 Å². The van der Waals surface area contributed by atoms with Gasteiger partial charge in [-0.05, 0) is 87.0 Å². The average molecular weight is 561 g/mol. The van der Waals surface area contributed by atoms with E-state index in [9.17, 15) is 14.4 Å². The van der Waals surface area contributed by atoms with Crippen LogP contribution in [0.25, 0.3) is 0 Å². The van der Waals surface area contributed by atoms with Gasteiger partial charge in [0.05, 0.1) is 17.9 Å². The van der Waals surface area contributed by atoms with Crippen LogP contribution in [0.15, 0.2) is 83.9 Å². The van der Waals surface area contributed by atoms with E-state index in [1.54, 1.807) is 11.0 Å². The molecule has 5 aliphatic rings. The molecule has 7 nitrogen and oxygen atoms in total. The quantitative estimate of drug-likeness (QED) is 0.381. The van der Waals surface area contributed by atoms with Crippen LogP contribution in [0.4, 0.5) is 16.2 Å². The zero-order valence-corrected chi connectivity index (χ0v) is 23.9. The molecule has 8 rings (SSSR count). The van der Waals surface area contributed by atoms with Crippen molar-refractivity contribution in [2.75, 3.05) is 16.8 Å². The number of rotatable bonds is 6. The number of anilines is 2. The lowest BCUT2D eigenvalue weighted by Gasteiger charge is -2.56. The lowest BCUT2D eigenvalue weighted by atomic mass is 9.48. The Kier molecular flexibility index (Phi) is 6.68. The Morgan fingerprint density at radius 1 is 0.881 bits per heavy atom. The third-order valence-corrected chi connectivity index (χ3v) is 9.73. The summed E-state index contributed by atoms with van der Waals surface area (Å²) < 4.78 is 0. The maximum atomic E-state index is 14.3. The van der Waals surface area contributed by atoms with Gasteiger partial charge in [0, 0.05) is 22.2 Å². The van der Waals surface area contributed by atoms with E-state index in [1.165, 1.54) is 19.3 Å². The predicted molar refractivity (Wildman–Crippen MR) is 164 cm³/mol. The van der Waals surface area contributed by atoms with Crippen LogP contribution in [-0.2, 0) is 9.59 Å². The predicted octanol–water partition coefficient (Wildman–Crippen LogP) is 6.11. The number of aryl methyl sites for hydroxylation is 1. The second-order valence-corrected chi connectivity index (χ2v) is 12.8. The molecule has 3 aromatic rings. The number of amides is 3. The van der Waals surface area contributed by atoms with Gasteiger partial charge in [0.15, 0.2) is 5.78 Å². The Morgan fingerprint density at radius 3 is 2.24 bits per heavy atom. The lowest BCUT2D eigenvalue weighted by Crippen LogP contribution is -2.55. The highest BCUT2D eigenvalue weighted by atomic mass is 16.2. The molecule has 1 aliphatic heterocycles. The van der Waals surface area contributed by atoms with Crippen molar-refractivity contribution in [3.8, 4) is 0 Å². The van der Waals surface area contributed by atoms with Crippen LogP contribution in [0, 0.1) is 30.1 Å². The molecular formula is C35H36N4O3. The van der Waals surface area contributed by atoms with Crippen molar-refractivity contribution in [1.29, 1.82) is 0 Å². The highest BCUT2D eigenvalue weighted by molar-refractivity contribution is 6.21. The van der Waals surface area contributed by atoms with Gasteiger partial charge in [-0.2, -0.15) is 0 Å². The van der Waals surface area contributed by atoms with Crippen molar-refractivity contribution in [3.05, 3.63) is 95.6 Å². The summed E-state index contributed by atoms with van der Waals surface area (Å²) in [4.78, 5) is 48.2. The summed E-state index contributed by atoms with van der Waals surface area (Å²) in [6, 6.07) is 24.2. The van der Waals surface area contributed by atoms with Crippen molar-refractivity contribution >= 4 is 34.8 Å². The van der Waals surface area contributed by atoms with Gasteiger partial charge in [-0.3, -0.25) is 9.59 Å².